The summed E-state index contributed by atoms with van der Waals surface area (Å²) < 4.78 is 18.5. The number of amides is 1. The molecule has 0 saturated carbocycles. The Hall–Kier alpha value is -1.41. The quantitative estimate of drug-likeness (QED) is 0.597. The van der Waals surface area contributed by atoms with E-state index in [1.807, 2.05) is 11.8 Å². The molecule has 7 heteroatoms. The number of hydrogen-bond donors (Lipinski definition) is 1. The lowest BCUT2D eigenvalue weighted by atomic mass is 9.94. The summed E-state index contributed by atoms with van der Waals surface area (Å²) in [4.78, 5) is 20.5. The highest BCUT2D eigenvalue weighted by molar-refractivity contribution is 8.00. The van der Waals surface area contributed by atoms with Crippen LogP contribution in [0.3, 0.4) is 0 Å². The summed E-state index contributed by atoms with van der Waals surface area (Å²) in [7, 11) is 0. The molecule has 29 heavy (non-hydrogen) atoms. The lowest BCUT2D eigenvalue weighted by Crippen LogP contribution is -2.37. The van der Waals surface area contributed by atoms with Crippen LogP contribution in [0.1, 0.15) is 49.8 Å². The third-order valence-corrected chi connectivity index (χ3v) is 8.51. The maximum Gasteiger partial charge on any atom is 0.245 e. The summed E-state index contributed by atoms with van der Waals surface area (Å²) in [5.41, 5.74) is 3.63. The van der Waals surface area contributed by atoms with Crippen molar-refractivity contribution in [3.63, 3.8) is 0 Å². The van der Waals surface area contributed by atoms with Crippen molar-refractivity contribution in [3.8, 4) is 10.4 Å². The van der Waals surface area contributed by atoms with Crippen LogP contribution < -0.4 is 5.48 Å². The zero-order valence-corrected chi connectivity index (χ0v) is 18.0. The minimum absolute atomic E-state index is 0.106. The number of carbonyl (C=O) groups is 1. The maximum atomic E-state index is 13.2. The van der Waals surface area contributed by atoms with Crippen molar-refractivity contribution in [2.75, 3.05) is 12.4 Å². The maximum absolute atomic E-state index is 13.2. The molecule has 1 aromatic heterocycles. The van der Waals surface area contributed by atoms with Crippen LogP contribution in [0.2, 0.25) is 0 Å². The molecule has 0 radical (unpaired) electrons. The first kappa shape index (κ1) is 20.8. The first-order chi connectivity index (χ1) is 14.1. The molecule has 2 saturated heterocycles. The Labute approximate surface area is 179 Å². The van der Waals surface area contributed by atoms with Crippen LogP contribution in [0.15, 0.2) is 36.4 Å². The van der Waals surface area contributed by atoms with Gasteiger partial charge in [-0.15, -0.1) is 23.1 Å². The molecule has 0 spiro atoms. The largest absolute Gasteiger partial charge is 0.350 e. The van der Waals surface area contributed by atoms with Crippen LogP contribution in [-0.4, -0.2) is 24.6 Å². The first-order valence-electron chi connectivity index (χ1n) is 10.2. The van der Waals surface area contributed by atoms with Gasteiger partial charge in [-0.05, 0) is 61.3 Å². The number of hydrogen-bond acceptors (Lipinski definition) is 5. The SMILES string of the molecule is O=C(CC1(c2ccc(-c3ccc(F)cc3)s2)CCCCS1)NOC1CCCCO1. The van der Waals surface area contributed by atoms with Crippen molar-refractivity contribution in [3.05, 3.63) is 47.1 Å². The summed E-state index contributed by atoms with van der Waals surface area (Å²) in [5.74, 6) is 0.706. The Kier molecular flexibility index (Phi) is 6.90. The van der Waals surface area contributed by atoms with Crippen molar-refractivity contribution >= 4 is 29.0 Å². The fourth-order valence-electron chi connectivity index (χ4n) is 3.86. The number of thiophene rings is 1. The molecule has 2 fully saturated rings. The minimum Gasteiger partial charge on any atom is -0.350 e. The number of hydroxylamine groups is 1. The van der Waals surface area contributed by atoms with Gasteiger partial charge >= 0.3 is 0 Å². The Morgan fingerprint density at radius 2 is 2.03 bits per heavy atom. The highest BCUT2D eigenvalue weighted by atomic mass is 32.2. The second-order valence-corrected chi connectivity index (χ2v) is 10.1. The molecule has 0 aliphatic carbocycles. The molecular weight excluding hydrogens is 409 g/mol. The average Bonchev–Trinajstić information content (AvgIpc) is 3.25. The van der Waals surface area contributed by atoms with Gasteiger partial charge in [-0.3, -0.25) is 4.79 Å². The third-order valence-electron chi connectivity index (χ3n) is 5.43. The van der Waals surface area contributed by atoms with Crippen LogP contribution in [0.4, 0.5) is 4.39 Å². The van der Waals surface area contributed by atoms with E-state index >= 15 is 0 Å². The summed E-state index contributed by atoms with van der Waals surface area (Å²) in [6, 6.07) is 10.8. The molecule has 1 N–H and O–H groups in total. The van der Waals surface area contributed by atoms with Gasteiger partial charge in [0.25, 0.3) is 0 Å². The topological polar surface area (TPSA) is 47.6 Å². The zero-order chi connectivity index (χ0) is 20.1. The summed E-state index contributed by atoms with van der Waals surface area (Å²) in [5, 5.41) is 0. The van der Waals surface area contributed by atoms with Crippen molar-refractivity contribution < 1.29 is 18.8 Å². The molecule has 2 atom stereocenters. The van der Waals surface area contributed by atoms with Gasteiger partial charge < -0.3 is 4.74 Å². The smallest absolute Gasteiger partial charge is 0.245 e. The third kappa shape index (κ3) is 5.20. The monoisotopic (exact) mass is 435 g/mol. The lowest BCUT2D eigenvalue weighted by Gasteiger charge is -2.35. The van der Waals surface area contributed by atoms with Gasteiger partial charge in [-0.2, -0.15) is 0 Å². The molecule has 2 aliphatic heterocycles. The summed E-state index contributed by atoms with van der Waals surface area (Å²) >= 11 is 3.56. The molecule has 2 aliphatic rings. The van der Waals surface area contributed by atoms with Crippen LogP contribution in [0.5, 0.6) is 0 Å². The van der Waals surface area contributed by atoms with Gasteiger partial charge in [0.2, 0.25) is 5.91 Å². The molecule has 1 aromatic carbocycles. The van der Waals surface area contributed by atoms with Crippen LogP contribution in [0, 0.1) is 5.82 Å². The predicted octanol–water partition coefficient (Wildman–Crippen LogP) is 5.63. The molecule has 2 aromatic rings. The molecule has 4 rings (SSSR count). The molecule has 4 nitrogen and oxygen atoms in total. The van der Waals surface area contributed by atoms with Gasteiger partial charge in [-0.25, -0.2) is 14.7 Å². The van der Waals surface area contributed by atoms with E-state index in [2.05, 4.69) is 17.6 Å². The Morgan fingerprint density at radius 3 is 2.76 bits per heavy atom. The van der Waals surface area contributed by atoms with Gasteiger partial charge in [-0.1, -0.05) is 18.6 Å². The van der Waals surface area contributed by atoms with E-state index in [0.717, 1.165) is 48.3 Å². The average molecular weight is 436 g/mol. The number of halogens is 1. The van der Waals surface area contributed by atoms with Gasteiger partial charge in [0.05, 0.1) is 4.75 Å². The Morgan fingerprint density at radius 1 is 1.17 bits per heavy atom. The van der Waals surface area contributed by atoms with E-state index in [4.69, 9.17) is 9.57 Å². The molecule has 156 valence electrons. The molecule has 0 bridgehead atoms. The fourth-order valence-corrected chi connectivity index (χ4v) is 6.75. The second kappa shape index (κ2) is 9.60. The molecule has 1 amide bonds. The Balaban J connectivity index is 1.46. The van der Waals surface area contributed by atoms with Crippen LogP contribution in [0.25, 0.3) is 10.4 Å². The number of carbonyl (C=O) groups excluding carboxylic acids is 1. The highest BCUT2D eigenvalue weighted by Crippen LogP contribution is 2.50. The number of nitrogens with one attached hydrogen (secondary N) is 1. The van der Waals surface area contributed by atoms with E-state index in [9.17, 15) is 9.18 Å². The summed E-state index contributed by atoms with van der Waals surface area (Å²) in [6.45, 7) is 0.682. The van der Waals surface area contributed by atoms with Crippen molar-refractivity contribution in [1.29, 1.82) is 0 Å². The van der Waals surface area contributed by atoms with Crippen molar-refractivity contribution in [1.82, 2.24) is 5.48 Å². The normalized spacial score (nSPS) is 24.9. The van der Waals surface area contributed by atoms with Crippen molar-refractivity contribution in [2.45, 2.75) is 56.0 Å². The zero-order valence-electron chi connectivity index (χ0n) is 16.3. The standard InChI is InChI=1S/C22H26FNO3S2/c23-17-8-6-16(7-9-17)18-10-11-19(29-18)22(12-2-4-14-28-22)15-20(25)24-27-21-5-1-3-13-26-21/h6-11,21H,1-5,12-15H2,(H,24,25). The van der Waals surface area contributed by atoms with Gasteiger partial charge in [0, 0.05) is 29.2 Å². The van der Waals surface area contributed by atoms with Crippen LogP contribution in [-0.2, 0) is 19.1 Å². The number of benzene rings is 1. The van der Waals surface area contributed by atoms with Gasteiger partial charge in [0.1, 0.15) is 5.82 Å². The molecular formula is C22H26FNO3S2. The second-order valence-electron chi connectivity index (χ2n) is 7.59. The predicted molar refractivity (Wildman–Crippen MR) is 115 cm³/mol. The molecule has 2 unspecified atom stereocenters. The van der Waals surface area contributed by atoms with E-state index in [1.54, 1.807) is 23.5 Å². The van der Waals surface area contributed by atoms with Gasteiger partial charge in [0.15, 0.2) is 6.29 Å². The summed E-state index contributed by atoms with van der Waals surface area (Å²) in [6.07, 6.45) is 6.21. The lowest BCUT2D eigenvalue weighted by molar-refractivity contribution is -0.200. The molecule has 3 heterocycles. The highest BCUT2D eigenvalue weighted by Gasteiger charge is 2.38. The van der Waals surface area contributed by atoms with E-state index in [1.165, 1.54) is 23.4 Å². The minimum atomic E-state index is -0.338. The number of thioether (sulfide) groups is 1. The van der Waals surface area contributed by atoms with E-state index in [-0.39, 0.29) is 22.8 Å². The van der Waals surface area contributed by atoms with Crippen molar-refractivity contribution in [2.24, 2.45) is 0 Å². The number of rotatable bonds is 6. The van der Waals surface area contributed by atoms with Crippen LogP contribution >= 0.6 is 23.1 Å². The first-order valence-corrected chi connectivity index (χ1v) is 12.0. The van der Waals surface area contributed by atoms with E-state index in [0.29, 0.717) is 13.0 Å². The number of ether oxygens (including phenoxy) is 1. The fraction of sp³-hybridized carbons (Fsp3) is 0.500. The Bertz CT molecular complexity index is 812. The van der Waals surface area contributed by atoms with E-state index < -0.39 is 0 Å².